The van der Waals surface area contributed by atoms with Crippen molar-refractivity contribution in [2.45, 2.75) is 121 Å². The first-order valence-electron chi connectivity index (χ1n) is 23.3. The first kappa shape index (κ1) is 65.2. The number of fused-ring (bicyclic) bond motifs is 2. The summed E-state index contributed by atoms with van der Waals surface area (Å²) in [5.74, 6) is -1.10. The van der Waals surface area contributed by atoms with Gasteiger partial charge in [0.25, 0.3) is 11.8 Å². The average Bonchev–Trinajstić information content (AvgIpc) is 3.80. The predicted molar refractivity (Wildman–Crippen MR) is 260 cm³/mol. The Morgan fingerprint density at radius 3 is 2.11 bits per heavy atom. The summed E-state index contributed by atoms with van der Waals surface area (Å²) in [6.07, 6.45) is 13.3. The second-order valence-electron chi connectivity index (χ2n) is 18.7. The van der Waals surface area contributed by atoms with E-state index < -0.39 is 65.2 Å². The number of allylic oxidation sites excluding steroid dienone is 7. The van der Waals surface area contributed by atoms with E-state index in [1.165, 1.54) is 29.8 Å². The summed E-state index contributed by atoms with van der Waals surface area (Å²) in [7, 11) is -12.1. The second-order valence-corrected chi connectivity index (χ2v) is 22.1. The number of unbranched alkanes of at least 4 members (excludes halogenated alkanes) is 3. The first-order valence-corrected chi connectivity index (χ1v) is 27.2. The molecule has 0 aromatic heterocycles. The van der Waals surface area contributed by atoms with E-state index >= 15 is 0 Å². The molecule has 0 radical (unpaired) electrons. The van der Waals surface area contributed by atoms with E-state index in [1.807, 2.05) is 18.2 Å². The second kappa shape index (κ2) is 28.0. The number of amides is 2. The molecule has 0 unspecified atom stereocenters. The summed E-state index contributed by atoms with van der Waals surface area (Å²) >= 11 is 0. The molecule has 0 saturated carbocycles. The Morgan fingerprint density at radius 2 is 1.47 bits per heavy atom. The van der Waals surface area contributed by atoms with Crippen LogP contribution in [0, 0.1) is 13.0 Å². The number of hydrogen-bond donors (Lipinski definition) is 0. The molecule has 7 rings (SSSR count). The molecule has 1 saturated heterocycles. The molecule has 3 aliphatic heterocycles. The molecule has 4 aliphatic rings. The third-order valence-electron chi connectivity index (χ3n) is 13.0. The van der Waals surface area contributed by atoms with Crippen LogP contribution < -0.4 is 98.3 Å². The molecule has 0 spiro atoms. The van der Waals surface area contributed by atoms with E-state index in [0.717, 1.165) is 57.9 Å². The number of carbonyl (C=O) groups excluding carboxylic acids is 3. The Hall–Kier alpha value is -3.06. The van der Waals surface area contributed by atoms with Crippen molar-refractivity contribution in [1.29, 1.82) is 0 Å². The molecular weight excluding hydrogens is 1040 g/mol. The molecule has 23 heteroatoms. The van der Waals surface area contributed by atoms with Gasteiger partial charge in [-0.05, 0) is 105 Å². The fraction of sp³-hybridized carbons (Fsp3) is 0.412. The van der Waals surface area contributed by atoms with E-state index in [2.05, 4.69) is 92.7 Å². The average molecular weight is 1100 g/mol. The van der Waals surface area contributed by atoms with Gasteiger partial charge in [0.2, 0.25) is 0 Å². The van der Waals surface area contributed by atoms with Crippen molar-refractivity contribution in [2.24, 2.45) is 0 Å². The smallest absolute Gasteiger partial charge is 0.748 e. The van der Waals surface area contributed by atoms with Gasteiger partial charge in [-0.3, -0.25) is 9.59 Å². The number of benzene rings is 3. The van der Waals surface area contributed by atoms with Gasteiger partial charge in [0.1, 0.15) is 33.9 Å². The number of hydroxylamine groups is 2. The molecule has 0 atom stereocenters. The van der Waals surface area contributed by atoms with Crippen molar-refractivity contribution in [3.05, 3.63) is 130 Å². The largest absolute Gasteiger partial charge is 1.00 e. The van der Waals surface area contributed by atoms with Gasteiger partial charge in [-0.2, -0.15) is 18.2 Å². The zero-order valence-corrected chi connectivity index (χ0v) is 51.7. The van der Waals surface area contributed by atoms with Crippen LogP contribution >= 0.6 is 0 Å². The number of imide groups is 1. The normalized spacial score (nSPS) is 17.8. The molecule has 0 N–H and O–H groups in total. The molecule has 74 heavy (non-hydrogen) atoms. The number of carbonyl (C=O) groups is 3. The van der Waals surface area contributed by atoms with E-state index in [9.17, 15) is 40.3 Å². The maximum atomic E-state index is 12.5. The van der Waals surface area contributed by atoms with Crippen LogP contribution in [0.4, 0.5) is 11.4 Å². The van der Waals surface area contributed by atoms with Crippen molar-refractivity contribution in [3.8, 4) is 5.75 Å². The third kappa shape index (κ3) is 16.7. The molecule has 2 amide bonds. The van der Waals surface area contributed by atoms with E-state index in [4.69, 9.17) is 22.2 Å². The predicted octanol–water partition coefficient (Wildman–Crippen LogP) is -1.74. The monoisotopic (exact) mass is 1100 g/mol. The minimum Gasteiger partial charge on any atom is -0.748 e. The van der Waals surface area contributed by atoms with Gasteiger partial charge in [-0.15, -0.1) is 23.8 Å². The molecule has 0 bridgehead atoms. The van der Waals surface area contributed by atoms with E-state index in [1.54, 1.807) is 0 Å². The van der Waals surface area contributed by atoms with Crippen LogP contribution in [-0.2, 0) is 60.9 Å². The van der Waals surface area contributed by atoms with Crippen molar-refractivity contribution in [1.82, 2.24) is 5.06 Å². The summed E-state index contributed by atoms with van der Waals surface area (Å²) < 4.78 is 104. The molecule has 380 valence electrons. The van der Waals surface area contributed by atoms with Crippen LogP contribution in [-0.4, -0.2) is 90.5 Å². The summed E-state index contributed by atoms with van der Waals surface area (Å²) in [6.45, 7) is 11.9. The zero-order valence-electron chi connectivity index (χ0n) is 43.3. The Bertz CT molecular complexity index is 3080. The zero-order chi connectivity index (χ0) is 51.9. The Labute approximate surface area is 502 Å². The van der Waals surface area contributed by atoms with Crippen molar-refractivity contribution >= 4 is 65.7 Å². The van der Waals surface area contributed by atoms with Gasteiger partial charge in [0.05, 0.1) is 15.0 Å². The Balaban J connectivity index is 0.00000199. The number of anilines is 1. The summed E-state index contributed by atoms with van der Waals surface area (Å²) in [4.78, 5) is 43.3. The fourth-order valence-corrected chi connectivity index (χ4v) is 10.4. The molecule has 3 aromatic carbocycles. The Morgan fingerprint density at radius 1 is 0.811 bits per heavy atom. The molecule has 17 nitrogen and oxygen atoms in total. The summed E-state index contributed by atoms with van der Waals surface area (Å²) in [5, 5.41) is 0.579. The number of hydrogen-bond acceptors (Lipinski definition) is 15. The number of nitrogens with zero attached hydrogens (tertiary/aromatic N) is 3. The van der Waals surface area contributed by atoms with E-state index in [0.29, 0.717) is 61.8 Å². The first-order chi connectivity index (χ1) is 33.4. The van der Waals surface area contributed by atoms with Gasteiger partial charge >= 0.3 is 105 Å². The minimum atomic E-state index is -4.68. The van der Waals surface area contributed by atoms with Crippen molar-refractivity contribution in [3.63, 3.8) is 0 Å². The van der Waals surface area contributed by atoms with Gasteiger partial charge in [0.15, 0.2) is 5.71 Å². The quantitative estimate of drug-likeness (QED) is 0.0343. The van der Waals surface area contributed by atoms with Gasteiger partial charge in [-0.1, -0.05) is 63.5 Å². The third-order valence-corrected chi connectivity index (χ3v) is 14.6. The molecule has 1 fully saturated rings. The van der Waals surface area contributed by atoms with Crippen LogP contribution in [0.2, 0.25) is 0 Å². The maximum absolute atomic E-state index is 12.5. The maximum Gasteiger partial charge on any atom is 1.00 e. The molecule has 3 aromatic rings. The molecule has 1 aliphatic carbocycles. The van der Waals surface area contributed by atoms with Crippen LogP contribution in [0.25, 0.3) is 0 Å². The SMILES string of the molecule is Cc1ccc2c(c1)C(C)(C)C(=CC=C1CCCC(C=CC3=[N+](CCCCS(=O)(=O)[O-])c4cc[c-]cc4C3(C)C)=C1Oc1ccc(S(=O)(=O)[O-])cc1)N2CCCCCC(=O)ON1C(=O)CCC1=O.O=S(=O)=O.[Na+].[Na+].[Na+]. The fourth-order valence-electron chi connectivity index (χ4n) is 9.41. The summed E-state index contributed by atoms with van der Waals surface area (Å²) in [5.41, 5.74) is 8.48. The Kier molecular flexibility index (Phi) is 24.7. The van der Waals surface area contributed by atoms with Gasteiger partial charge in [-0.25, -0.2) is 26.2 Å². The number of ether oxygens (including phenoxy) is 1. The topological polar surface area (TPSA) is 245 Å². The van der Waals surface area contributed by atoms with Crippen LogP contribution in [0.1, 0.15) is 115 Å². The number of rotatable bonds is 18. The van der Waals surface area contributed by atoms with Gasteiger partial charge < -0.3 is 23.6 Å². The molecular formula is C51H57N3Na3O14S3+. The van der Waals surface area contributed by atoms with Crippen molar-refractivity contribution < 1.29 is 156 Å². The minimum absolute atomic E-state index is 0. The number of aryl methyl sites for hydroxylation is 1. The standard InChI is InChI=1S/C51H59N3O11S2.3Na.O3S/c1-35-19-26-43-41(34-35)51(4,5)45(53(43)31-10-6-7-18-48(57)65-54-46(55)29-30-47(54)56)28-21-37-15-13-14-36(49(37)64-38-22-24-39(25-23-38)67(61,62)63)20-27-44-50(2,3)40-16-8-9-17-42(40)52(44)32-11-12-33-66(58,59)60;;;;1-4(2)3/h9,16-17,19-28,34H,6-7,10-15,18,29-33H2,1-5H3,(H,58,59,60)(H,61,62,63);;;;/q;3*+1;/p-2. The van der Waals surface area contributed by atoms with Gasteiger partial charge in [0, 0.05) is 66.3 Å². The molecule has 3 heterocycles. The van der Waals surface area contributed by atoms with Crippen molar-refractivity contribution in [2.75, 3.05) is 23.7 Å². The van der Waals surface area contributed by atoms with Crippen LogP contribution in [0.5, 0.6) is 5.75 Å². The van der Waals surface area contributed by atoms with Crippen LogP contribution in [0.15, 0.2) is 112 Å². The van der Waals surface area contributed by atoms with E-state index in [-0.39, 0.29) is 119 Å². The van der Waals surface area contributed by atoms with Crippen LogP contribution in [0.3, 0.4) is 0 Å². The summed E-state index contributed by atoms with van der Waals surface area (Å²) in [6, 6.07) is 20.9.